The lowest BCUT2D eigenvalue weighted by molar-refractivity contribution is 0.0326. The van der Waals surface area contributed by atoms with E-state index < -0.39 is 0 Å². The van der Waals surface area contributed by atoms with Crippen molar-refractivity contribution in [2.75, 3.05) is 19.6 Å². The molecule has 1 aromatic carbocycles. The Balaban J connectivity index is 1.42. The van der Waals surface area contributed by atoms with Crippen molar-refractivity contribution in [2.24, 2.45) is 0 Å². The molecule has 1 saturated heterocycles. The van der Waals surface area contributed by atoms with Gasteiger partial charge in [-0.3, -0.25) is 9.69 Å². The Hall–Kier alpha value is -2.27. The zero-order valence-electron chi connectivity index (χ0n) is 16.6. The minimum atomic E-state index is 0.0162. The fourth-order valence-corrected chi connectivity index (χ4v) is 4.75. The summed E-state index contributed by atoms with van der Waals surface area (Å²) in [5, 5.41) is 3.25. The largest absolute Gasteiger partial charge is 0.350 e. The smallest absolute Gasteiger partial charge is 0.251 e. The van der Waals surface area contributed by atoms with E-state index in [1.54, 1.807) is 18.5 Å². The molecule has 0 atom stereocenters. The van der Waals surface area contributed by atoms with Gasteiger partial charge >= 0.3 is 0 Å². The summed E-state index contributed by atoms with van der Waals surface area (Å²) in [5.41, 5.74) is 1.78. The topological polar surface area (TPSA) is 58.1 Å². The highest BCUT2D eigenvalue weighted by Gasteiger charge is 2.38. The van der Waals surface area contributed by atoms with Crippen molar-refractivity contribution in [3.8, 4) is 11.4 Å². The van der Waals surface area contributed by atoms with Crippen molar-refractivity contribution in [1.82, 2.24) is 20.2 Å². The zero-order valence-corrected chi connectivity index (χ0v) is 16.6. The van der Waals surface area contributed by atoms with Gasteiger partial charge in [-0.05, 0) is 57.0 Å². The summed E-state index contributed by atoms with van der Waals surface area (Å²) in [6.07, 6.45) is 13.7. The van der Waals surface area contributed by atoms with Crippen LogP contribution >= 0.6 is 0 Å². The first-order chi connectivity index (χ1) is 13.8. The van der Waals surface area contributed by atoms with Crippen LogP contribution in [0.3, 0.4) is 0 Å². The summed E-state index contributed by atoms with van der Waals surface area (Å²) < 4.78 is 0. The number of likely N-dealkylation sites (tertiary alicyclic amines) is 1. The van der Waals surface area contributed by atoms with E-state index in [9.17, 15) is 4.79 Å². The van der Waals surface area contributed by atoms with E-state index in [2.05, 4.69) is 20.2 Å². The molecule has 2 aromatic rings. The predicted molar refractivity (Wildman–Crippen MR) is 111 cm³/mol. The first-order valence-corrected chi connectivity index (χ1v) is 10.7. The molecular weight excluding hydrogens is 348 g/mol. The SMILES string of the molecule is O=C(NCC1(N2CCCCC2)CCCCC1)c1ccc(-c2ncccn2)cc1. The molecule has 0 unspecified atom stereocenters. The van der Waals surface area contributed by atoms with Gasteiger partial charge in [-0.2, -0.15) is 0 Å². The lowest BCUT2D eigenvalue weighted by Crippen LogP contribution is -2.58. The van der Waals surface area contributed by atoms with E-state index in [1.807, 2.05) is 24.3 Å². The van der Waals surface area contributed by atoms with E-state index in [-0.39, 0.29) is 11.4 Å². The molecule has 28 heavy (non-hydrogen) atoms. The van der Waals surface area contributed by atoms with Crippen molar-refractivity contribution in [2.45, 2.75) is 56.9 Å². The lowest BCUT2D eigenvalue weighted by atomic mass is 9.79. The second-order valence-corrected chi connectivity index (χ2v) is 8.17. The molecule has 5 heteroatoms. The molecule has 4 rings (SSSR count). The van der Waals surface area contributed by atoms with Crippen LogP contribution in [0.1, 0.15) is 61.7 Å². The monoisotopic (exact) mass is 378 g/mol. The van der Waals surface area contributed by atoms with Crippen LogP contribution in [0.2, 0.25) is 0 Å². The Morgan fingerprint density at radius 1 is 0.929 bits per heavy atom. The minimum Gasteiger partial charge on any atom is -0.350 e. The molecule has 1 amide bonds. The second kappa shape index (κ2) is 8.82. The quantitative estimate of drug-likeness (QED) is 0.852. The molecule has 2 fully saturated rings. The van der Waals surface area contributed by atoms with E-state index in [0.29, 0.717) is 11.4 Å². The number of benzene rings is 1. The Labute approximate surface area is 167 Å². The number of carbonyl (C=O) groups is 1. The van der Waals surface area contributed by atoms with Crippen LogP contribution in [-0.2, 0) is 0 Å². The third-order valence-electron chi connectivity index (χ3n) is 6.36. The number of hydrogen-bond acceptors (Lipinski definition) is 4. The molecule has 1 N–H and O–H groups in total. The first kappa shape index (κ1) is 19.1. The molecule has 1 aromatic heterocycles. The number of aromatic nitrogens is 2. The third kappa shape index (κ3) is 4.25. The van der Waals surface area contributed by atoms with Gasteiger partial charge < -0.3 is 5.32 Å². The average molecular weight is 379 g/mol. The number of amides is 1. The average Bonchev–Trinajstić information content (AvgIpc) is 2.79. The summed E-state index contributed by atoms with van der Waals surface area (Å²) >= 11 is 0. The van der Waals surface area contributed by atoms with Crippen LogP contribution in [0.5, 0.6) is 0 Å². The molecule has 1 saturated carbocycles. The van der Waals surface area contributed by atoms with E-state index in [0.717, 1.165) is 12.1 Å². The molecule has 0 spiro atoms. The van der Waals surface area contributed by atoms with Crippen molar-refractivity contribution in [1.29, 1.82) is 0 Å². The van der Waals surface area contributed by atoms with E-state index in [4.69, 9.17) is 0 Å². The summed E-state index contributed by atoms with van der Waals surface area (Å²) in [6.45, 7) is 3.12. The van der Waals surface area contributed by atoms with Crippen LogP contribution in [-0.4, -0.2) is 45.9 Å². The normalized spacial score (nSPS) is 19.9. The van der Waals surface area contributed by atoms with Gasteiger partial charge in [0, 0.05) is 35.6 Å². The van der Waals surface area contributed by atoms with Crippen molar-refractivity contribution in [3.05, 3.63) is 48.3 Å². The first-order valence-electron chi connectivity index (χ1n) is 10.7. The standard InChI is InChI=1S/C23H30N4O/c28-22(20-10-8-19(9-11-20)21-24-14-7-15-25-21)26-18-23(12-3-1-4-13-23)27-16-5-2-6-17-27/h7-11,14-15H,1-6,12-13,16-18H2,(H,26,28). The number of carbonyl (C=O) groups excluding carboxylic acids is 1. The predicted octanol–water partition coefficient (Wildman–Crippen LogP) is 4.06. The van der Waals surface area contributed by atoms with E-state index in [1.165, 1.54) is 64.5 Å². The molecule has 1 aliphatic heterocycles. The van der Waals surface area contributed by atoms with Crippen LogP contribution in [0.15, 0.2) is 42.7 Å². The molecule has 2 heterocycles. The highest BCUT2D eigenvalue weighted by Crippen LogP contribution is 2.35. The maximum Gasteiger partial charge on any atom is 0.251 e. The Kier molecular flexibility index (Phi) is 6.01. The summed E-state index contributed by atoms with van der Waals surface area (Å²) in [5.74, 6) is 0.697. The lowest BCUT2D eigenvalue weighted by Gasteiger charge is -2.48. The number of nitrogens with zero attached hydrogens (tertiary/aromatic N) is 3. The van der Waals surface area contributed by atoms with Gasteiger partial charge in [-0.1, -0.05) is 37.8 Å². The van der Waals surface area contributed by atoms with Crippen molar-refractivity contribution >= 4 is 5.91 Å². The van der Waals surface area contributed by atoms with Crippen LogP contribution < -0.4 is 5.32 Å². The number of rotatable bonds is 5. The molecule has 0 radical (unpaired) electrons. The molecule has 1 aliphatic carbocycles. The highest BCUT2D eigenvalue weighted by atomic mass is 16.1. The Morgan fingerprint density at radius 2 is 1.57 bits per heavy atom. The minimum absolute atomic E-state index is 0.0162. The van der Waals surface area contributed by atoms with Crippen LogP contribution in [0.4, 0.5) is 0 Å². The maximum absolute atomic E-state index is 12.8. The Bertz CT molecular complexity index is 763. The fraction of sp³-hybridized carbons (Fsp3) is 0.522. The van der Waals surface area contributed by atoms with Crippen molar-refractivity contribution < 1.29 is 4.79 Å². The second-order valence-electron chi connectivity index (χ2n) is 8.17. The van der Waals surface area contributed by atoms with E-state index >= 15 is 0 Å². The van der Waals surface area contributed by atoms with Gasteiger partial charge in [0.15, 0.2) is 5.82 Å². The van der Waals surface area contributed by atoms with Gasteiger partial charge in [0.25, 0.3) is 5.91 Å². The molecule has 0 bridgehead atoms. The fourth-order valence-electron chi connectivity index (χ4n) is 4.75. The van der Waals surface area contributed by atoms with Crippen LogP contribution in [0, 0.1) is 0 Å². The Morgan fingerprint density at radius 3 is 2.25 bits per heavy atom. The summed E-state index contributed by atoms with van der Waals surface area (Å²) in [6, 6.07) is 9.39. The summed E-state index contributed by atoms with van der Waals surface area (Å²) in [4.78, 5) is 24.0. The van der Waals surface area contributed by atoms with Gasteiger partial charge in [-0.15, -0.1) is 0 Å². The van der Waals surface area contributed by atoms with Gasteiger partial charge in [0.2, 0.25) is 0 Å². The number of hydrogen-bond donors (Lipinski definition) is 1. The maximum atomic E-state index is 12.8. The molecule has 2 aliphatic rings. The number of piperidine rings is 1. The van der Waals surface area contributed by atoms with Crippen LogP contribution in [0.25, 0.3) is 11.4 Å². The van der Waals surface area contributed by atoms with Crippen molar-refractivity contribution in [3.63, 3.8) is 0 Å². The zero-order chi connectivity index (χ0) is 19.2. The van der Waals surface area contributed by atoms with Gasteiger partial charge in [0.1, 0.15) is 0 Å². The third-order valence-corrected chi connectivity index (χ3v) is 6.36. The summed E-state index contributed by atoms with van der Waals surface area (Å²) in [7, 11) is 0. The molecular formula is C23H30N4O. The molecule has 5 nitrogen and oxygen atoms in total. The van der Waals surface area contributed by atoms with Gasteiger partial charge in [0.05, 0.1) is 0 Å². The molecule has 148 valence electrons. The van der Waals surface area contributed by atoms with Gasteiger partial charge in [-0.25, -0.2) is 9.97 Å². The number of nitrogens with one attached hydrogen (secondary N) is 1. The highest BCUT2D eigenvalue weighted by molar-refractivity contribution is 5.94.